The Kier molecular flexibility index (Phi) is 4.98. The van der Waals surface area contributed by atoms with Crippen LogP contribution in [0.4, 0.5) is 0 Å². The zero-order valence-corrected chi connectivity index (χ0v) is 14.5. The minimum atomic E-state index is 0.389. The largest absolute Gasteiger partial charge is 0.475 e. The van der Waals surface area contributed by atoms with Crippen molar-refractivity contribution in [1.29, 1.82) is 0 Å². The highest BCUT2D eigenvalue weighted by atomic mass is 16.5. The average molecular weight is 352 g/mol. The van der Waals surface area contributed by atoms with Crippen LogP contribution in [0.5, 0.6) is 5.88 Å². The summed E-state index contributed by atoms with van der Waals surface area (Å²) in [6.07, 6.45) is 4.13. The van der Waals surface area contributed by atoms with Gasteiger partial charge in [0.05, 0.1) is 6.61 Å². The van der Waals surface area contributed by atoms with Gasteiger partial charge in [0.15, 0.2) is 11.3 Å². The number of fused-ring (bicyclic) bond motifs is 1. The molecule has 5 nitrogen and oxygen atoms in total. The fraction of sp³-hybridized carbons (Fsp3) is 0.0909. The van der Waals surface area contributed by atoms with Crippen molar-refractivity contribution in [2.24, 2.45) is 0 Å². The minimum absolute atomic E-state index is 0.389. The molecule has 0 spiro atoms. The van der Waals surface area contributed by atoms with E-state index >= 15 is 0 Å². The van der Waals surface area contributed by atoms with Crippen molar-refractivity contribution in [3.8, 4) is 17.7 Å². The normalized spacial score (nSPS) is 10.2. The Bertz CT molecular complexity index is 1100. The fourth-order valence-corrected chi connectivity index (χ4v) is 2.51. The van der Waals surface area contributed by atoms with Crippen LogP contribution in [0.2, 0.25) is 0 Å². The van der Waals surface area contributed by atoms with Gasteiger partial charge in [-0.15, -0.1) is 0 Å². The maximum atomic E-state index is 5.88. The Morgan fingerprint density at radius 3 is 2.48 bits per heavy atom. The van der Waals surface area contributed by atoms with Crippen LogP contribution < -0.4 is 4.74 Å². The third-order valence-corrected chi connectivity index (χ3v) is 3.83. The molecule has 0 N–H and O–H groups in total. The first kappa shape index (κ1) is 16.7. The van der Waals surface area contributed by atoms with E-state index in [1.165, 1.54) is 0 Å². The molecule has 0 unspecified atom stereocenters. The summed E-state index contributed by atoms with van der Waals surface area (Å²) in [7, 11) is 0. The van der Waals surface area contributed by atoms with E-state index < -0.39 is 0 Å². The molecule has 4 rings (SSSR count). The van der Waals surface area contributed by atoms with Gasteiger partial charge >= 0.3 is 0 Å². The number of hydrogen-bond donors (Lipinski definition) is 0. The zero-order valence-electron chi connectivity index (χ0n) is 14.5. The Balaban J connectivity index is 1.62. The SMILES string of the molecule is C(#Cc1nc2cccnc2nc1OCCc1ccccn1)c1ccccc1. The van der Waals surface area contributed by atoms with Crippen molar-refractivity contribution < 1.29 is 4.74 Å². The summed E-state index contributed by atoms with van der Waals surface area (Å²) in [4.78, 5) is 17.6. The predicted molar refractivity (Wildman–Crippen MR) is 103 cm³/mol. The third kappa shape index (κ3) is 4.25. The molecule has 0 saturated heterocycles. The number of rotatable bonds is 4. The predicted octanol–water partition coefficient (Wildman–Crippen LogP) is 3.44. The molecule has 0 atom stereocenters. The van der Waals surface area contributed by atoms with Gasteiger partial charge in [-0.1, -0.05) is 30.2 Å². The number of benzene rings is 1. The molecule has 0 radical (unpaired) electrons. The van der Waals surface area contributed by atoms with Crippen LogP contribution in [0, 0.1) is 11.8 Å². The molecular weight excluding hydrogens is 336 g/mol. The molecule has 4 aromatic rings. The highest BCUT2D eigenvalue weighted by Gasteiger charge is 2.09. The summed E-state index contributed by atoms with van der Waals surface area (Å²) in [5.41, 5.74) is 3.59. The average Bonchev–Trinajstić information content (AvgIpc) is 2.73. The van der Waals surface area contributed by atoms with Gasteiger partial charge in [0, 0.05) is 30.1 Å². The highest BCUT2D eigenvalue weighted by Crippen LogP contribution is 2.17. The maximum Gasteiger partial charge on any atom is 0.251 e. The minimum Gasteiger partial charge on any atom is -0.475 e. The first-order valence-electron chi connectivity index (χ1n) is 8.61. The van der Waals surface area contributed by atoms with Crippen LogP contribution >= 0.6 is 0 Å². The van der Waals surface area contributed by atoms with E-state index in [0.29, 0.717) is 35.8 Å². The van der Waals surface area contributed by atoms with Gasteiger partial charge in [-0.3, -0.25) is 4.98 Å². The van der Waals surface area contributed by atoms with Crippen LogP contribution in [-0.2, 0) is 6.42 Å². The van der Waals surface area contributed by atoms with Gasteiger partial charge in [0.25, 0.3) is 5.88 Å². The lowest BCUT2D eigenvalue weighted by atomic mass is 10.2. The number of hydrogen-bond acceptors (Lipinski definition) is 5. The van der Waals surface area contributed by atoms with Gasteiger partial charge < -0.3 is 4.74 Å². The Labute approximate surface area is 157 Å². The smallest absolute Gasteiger partial charge is 0.251 e. The second kappa shape index (κ2) is 8.07. The second-order valence-corrected chi connectivity index (χ2v) is 5.76. The van der Waals surface area contributed by atoms with Crippen molar-refractivity contribution in [2.75, 3.05) is 6.61 Å². The summed E-state index contributed by atoms with van der Waals surface area (Å²) in [6, 6.07) is 19.3. The molecule has 0 aliphatic heterocycles. The van der Waals surface area contributed by atoms with Crippen molar-refractivity contribution in [3.05, 3.63) is 90.0 Å². The summed E-state index contributed by atoms with van der Waals surface area (Å²) >= 11 is 0. The van der Waals surface area contributed by atoms with E-state index in [1.54, 1.807) is 12.4 Å². The van der Waals surface area contributed by atoms with Gasteiger partial charge in [0.2, 0.25) is 0 Å². The van der Waals surface area contributed by atoms with E-state index in [9.17, 15) is 0 Å². The van der Waals surface area contributed by atoms with E-state index in [1.807, 2.05) is 60.7 Å². The summed E-state index contributed by atoms with van der Waals surface area (Å²) in [5, 5.41) is 0. The molecule has 3 heterocycles. The highest BCUT2D eigenvalue weighted by molar-refractivity contribution is 5.71. The molecule has 5 heteroatoms. The number of nitrogens with zero attached hydrogens (tertiary/aromatic N) is 4. The lowest BCUT2D eigenvalue weighted by molar-refractivity contribution is 0.307. The monoisotopic (exact) mass is 352 g/mol. The van der Waals surface area contributed by atoms with Crippen molar-refractivity contribution >= 4 is 11.2 Å². The summed E-state index contributed by atoms with van der Waals surface area (Å²) in [6.45, 7) is 0.435. The maximum absolute atomic E-state index is 5.88. The third-order valence-electron chi connectivity index (χ3n) is 3.83. The molecule has 0 aliphatic carbocycles. The summed E-state index contributed by atoms with van der Waals surface area (Å²) < 4.78 is 5.88. The van der Waals surface area contributed by atoms with Crippen LogP contribution in [-0.4, -0.2) is 26.5 Å². The molecule has 0 aliphatic rings. The number of ether oxygens (including phenoxy) is 1. The Morgan fingerprint density at radius 2 is 1.63 bits per heavy atom. The molecule has 0 bridgehead atoms. The Hall–Kier alpha value is -3.78. The molecule has 0 saturated carbocycles. The molecule has 0 amide bonds. The molecule has 27 heavy (non-hydrogen) atoms. The molecule has 3 aromatic heterocycles. The summed E-state index contributed by atoms with van der Waals surface area (Å²) in [5.74, 6) is 6.58. The molecule has 0 fully saturated rings. The van der Waals surface area contributed by atoms with Crippen molar-refractivity contribution in [3.63, 3.8) is 0 Å². The van der Waals surface area contributed by atoms with Crippen LogP contribution in [0.3, 0.4) is 0 Å². The number of aromatic nitrogens is 4. The standard InChI is InChI=1S/C22H16N4O/c1-2-7-17(8-3-1)11-12-20-22(26-21-19(25-20)10-6-15-24-21)27-16-13-18-9-4-5-14-23-18/h1-10,14-15H,13,16H2. The lowest BCUT2D eigenvalue weighted by Gasteiger charge is -2.07. The fourth-order valence-electron chi connectivity index (χ4n) is 2.51. The van der Waals surface area contributed by atoms with Crippen molar-refractivity contribution in [2.45, 2.75) is 6.42 Å². The van der Waals surface area contributed by atoms with E-state index in [2.05, 4.69) is 31.8 Å². The van der Waals surface area contributed by atoms with Gasteiger partial charge in [-0.05, 0) is 42.3 Å². The van der Waals surface area contributed by atoms with Crippen LogP contribution in [0.1, 0.15) is 17.0 Å². The van der Waals surface area contributed by atoms with E-state index in [4.69, 9.17) is 4.74 Å². The molecule has 1 aromatic carbocycles. The first-order chi connectivity index (χ1) is 13.4. The van der Waals surface area contributed by atoms with Crippen molar-refractivity contribution in [1.82, 2.24) is 19.9 Å². The van der Waals surface area contributed by atoms with Gasteiger partial charge in [-0.2, -0.15) is 4.98 Å². The van der Waals surface area contributed by atoms with Gasteiger partial charge in [-0.25, -0.2) is 9.97 Å². The second-order valence-electron chi connectivity index (χ2n) is 5.76. The topological polar surface area (TPSA) is 60.8 Å². The van der Waals surface area contributed by atoms with Crippen LogP contribution in [0.15, 0.2) is 73.1 Å². The lowest BCUT2D eigenvalue weighted by Crippen LogP contribution is -2.07. The number of pyridine rings is 2. The van der Waals surface area contributed by atoms with Gasteiger partial charge in [0.1, 0.15) is 5.52 Å². The van der Waals surface area contributed by atoms with E-state index in [-0.39, 0.29) is 0 Å². The molecule has 130 valence electrons. The van der Waals surface area contributed by atoms with Crippen LogP contribution in [0.25, 0.3) is 11.2 Å². The quantitative estimate of drug-likeness (QED) is 0.527. The first-order valence-corrected chi connectivity index (χ1v) is 8.61. The van der Waals surface area contributed by atoms with E-state index in [0.717, 1.165) is 11.3 Å². The molecular formula is C22H16N4O. The zero-order chi connectivity index (χ0) is 18.3. The Morgan fingerprint density at radius 1 is 0.778 bits per heavy atom.